The minimum absolute atomic E-state index is 0. The third kappa shape index (κ3) is 13.2. The van der Waals surface area contributed by atoms with Crippen LogP contribution >= 0.6 is 0 Å². The maximum Gasteiger partial charge on any atom is 1.00 e. The van der Waals surface area contributed by atoms with Gasteiger partial charge in [0.2, 0.25) is 0 Å². The Morgan fingerprint density at radius 1 is 1.11 bits per heavy atom. The van der Waals surface area contributed by atoms with E-state index in [9.17, 15) is 13.0 Å². The first-order valence-electron chi connectivity index (χ1n) is 4.56. The zero-order chi connectivity index (χ0) is 13.1. The molecule has 0 amide bonds. The Bertz CT molecular complexity index is 460. The molecule has 0 heterocycles. The molecule has 0 bridgehead atoms. The first-order valence-corrected chi connectivity index (χ1v) is 6.03. The van der Waals surface area contributed by atoms with Gasteiger partial charge in [-0.15, -0.1) is 0 Å². The summed E-state index contributed by atoms with van der Waals surface area (Å²) in [6, 6.07) is 8.75. The van der Waals surface area contributed by atoms with Gasteiger partial charge in [-0.25, -0.2) is 8.42 Å². The number of benzene rings is 1. The molecule has 0 radical (unpaired) electrons. The second kappa shape index (κ2) is 11.3. The zero-order valence-electron chi connectivity index (χ0n) is 10.2. The van der Waals surface area contributed by atoms with E-state index in [0.717, 1.165) is 0 Å². The molecule has 0 aliphatic heterocycles. The summed E-state index contributed by atoms with van der Waals surface area (Å²) in [6.45, 7) is 6.51. The third-order valence-electron chi connectivity index (χ3n) is 1.42. The molecular formula is C12H13NaO4S. The zero-order valence-corrected chi connectivity index (χ0v) is 13.0. The fraction of sp³-hybridized carbons (Fsp3) is 0. The maximum atomic E-state index is 10.2. The van der Waals surface area contributed by atoms with Gasteiger partial charge in [0.1, 0.15) is 10.1 Å². The summed E-state index contributed by atoms with van der Waals surface area (Å²) < 4.78 is 34.8. The molecule has 1 aromatic carbocycles. The predicted octanol–water partition coefficient (Wildman–Crippen LogP) is -0.504. The molecule has 1 aromatic rings. The Morgan fingerprint density at radius 3 is 1.94 bits per heavy atom. The van der Waals surface area contributed by atoms with Crippen molar-refractivity contribution in [2.45, 2.75) is 0 Å². The van der Waals surface area contributed by atoms with Crippen molar-refractivity contribution in [2.75, 3.05) is 0 Å². The van der Waals surface area contributed by atoms with Crippen LogP contribution in [0.4, 0.5) is 0 Å². The first-order chi connectivity index (χ1) is 7.99. The molecule has 0 spiro atoms. The van der Waals surface area contributed by atoms with E-state index in [1.807, 2.05) is 6.07 Å². The standard InChI is InChI=1S/C8H8O3S.C4H6O.Na/c9-12(10,11)7-6-8-4-2-1-3-5-8;1-3-5-4-2;/h1-7H,(H,9,10,11);3-4H,1-2H2;/q;;+1/p-1. The van der Waals surface area contributed by atoms with E-state index in [-0.39, 0.29) is 29.6 Å². The van der Waals surface area contributed by atoms with Crippen molar-refractivity contribution >= 4 is 16.2 Å². The van der Waals surface area contributed by atoms with E-state index < -0.39 is 10.1 Å². The molecule has 0 N–H and O–H groups in total. The van der Waals surface area contributed by atoms with Crippen molar-refractivity contribution in [2.24, 2.45) is 0 Å². The molecule has 0 aromatic heterocycles. The van der Waals surface area contributed by atoms with Crippen molar-refractivity contribution in [1.82, 2.24) is 0 Å². The van der Waals surface area contributed by atoms with Gasteiger partial charge in [0, 0.05) is 5.41 Å². The molecule has 1 rings (SSSR count). The van der Waals surface area contributed by atoms with Crippen LogP contribution in [0.25, 0.3) is 6.08 Å². The van der Waals surface area contributed by atoms with Crippen molar-refractivity contribution < 1.29 is 47.3 Å². The van der Waals surface area contributed by atoms with Gasteiger partial charge in [0.05, 0.1) is 12.5 Å². The average molecular weight is 276 g/mol. The minimum atomic E-state index is -4.25. The van der Waals surface area contributed by atoms with Gasteiger partial charge >= 0.3 is 29.6 Å². The van der Waals surface area contributed by atoms with E-state index in [2.05, 4.69) is 17.9 Å². The number of ether oxygens (including phenoxy) is 1. The molecule has 18 heavy (non-hydrogen) atoms. The summed E-state index contributed by atoms with van der Waals surface area (Å²) in [6.07, 6.45) is 3.89. The average Bonchev–Trinajstić information content (AvgIpc) is 2.29. The monoisotopic (exact) mass is 276 g/mol. The van der Waals surface area contributed by atoms with Crippen molar-refractivity contribution in [3.8, 4) is 0 Å². The first kappa shape index (κ1) is 19.5. The summed E-state index contributed by atoms with van der Waals surface area (Å²) in [5.41, 5.74) is 0.692. The second-order valence-corrected chi connectivity index (χ2v) is 3.93. The molecule has 0 aliphatic rings. The molecular weight excluding hydrogens is 263 g/mol. The fourth-order valence-corrected chi connectivity index (χ4v) is 1.12. The molecule has 92 valence electrons. The minimum Gasteiger partial charge on any atom is -0.744 e. The molecule has 0 aliphatic carbocycles. The van der Waals surface area contributed by atoms with Crippen LogP contribution in [0.1, 0.15) is 5.56 Å². The summed E-state index contributed by atoms with van der Waals surface area (Å²) in [4.78, 5) is 0. The molecule has 6 heteroatoms. The molecule has 0 fully saturated rings. The summed E-state index contributed by atoms with van der Waals surface area (Å²) in [5, 5.41) is 0.641. The molecule has 0 saturated carbocycles. The van der Waals surface area contributed by atoms with E-state index in [1.165, 1.54) is 18.6 Å². The van der Waals surface area contributed by atoms with Crippen LogP contribution in [0.15, 0.2) is 61.4 Å². The van der Waals surface area contributed by atoms with Crippen LogP contribution in [-0.4, -0.2) is 13.0 Å². The Hall–Kier alpha value is -0.850. The molecule has 0 unspecified atom stereocenters. The van der Waals surface area contributed by atoms with Crippen LogP contribution in [-0.2, 0) is 14.9 Å². The van der Waals surface area contributed by atoms with Gasteiger partial charge in [-0.1, -0.05) is 43.5 Å². The van der Waals surface area contributed by atoms with Crippen LogP contribution in [0, 0.1) is 0 Å². The van der Waals surface area contributed by atoms with Crippen LogP contribution < -0.4 is 29.6 Å². The van der Waals surface area contributed by atoms with Gasteiger partial charge in [-0.05, 0) is 11.6 Å². The quantitative estimate of drug-likeness (QED) is 0.422. The second-order valence-electron chi connectivity index (χ2n) is 2.68. The SMILES string of the molecule is C=COC=C.O=S(=O)([O-])C=Cc1ccccc1.[Na+]. The Morgan fingerprint density at radius 2 is 1.61 bits per heavy atom. The normalized spacial score (nSPS) is 9.61. The fourth-order valence-electron chi connectivity index (χ4n) is 0.794. The largest absolute Gasteiger partial charge is 1.00 e. The molecule has 4 nitrogen and oxygen atoms in total. The molecule has 0 atom stereocenters. The van der Waals surface area contributed by atoms with Crippen molar-refractivity contribution in [3.63, 3.8) is 0 Å². The number of rotatable bonds is 4. The van der Waals surface area contributed by atoms with Gasteiger partial charge in [-0.3, -0.25) is 0 Å². The van der Waals surface area contributed by atoms with E-state index >= 15 is 0 Å². The summed E-state index contributed by atoms with van der Waals surface area (Å²) >= 11 is 0. The smallest absolute Gasteiger partial charge is 0.744 e. The van der Waals surface area contributed by atoms with E-state index in [4.69, 9.17) is 0 Å². The Balaban J connectivity index is 0. The maximum absolute atomic E-state index is 10.2. The van der Waals surface area contributed by atoms with Crippen molar-refractivity contribution in [1.29, 1.82) is 0 Å². The summed E-state index contributed by atoms with van der Waals surface area (Å²) in [7, 11) is -4.25. The number of hydrogen-bond acceptors (Lipinski definition) is 4. The third-order valence-corrected chi connectivity index (χ3v) is 1.89. The van der Waals surface area contributed by atoms with E-state index in [1.54, 1.807) is 24.3 Å². The topological polar surface area (TPSA) is 66.4 Å². The van der Waals surface area contributed by atoms with Gasteiger partial charge in [0.25, 0.3) is 0 Å². The molecule has 0 saturated heterocycles. The summed E-state index contributed by atoms with van der Waals surface area (Å²) in [5.74, 6) is 0. The van der Waals surface area contributed by atoms with Crippen LogP contribution in [0.3, 0.4) is 0 Å². The predicted molar refractivity (Wildman–Crippen MR) is 66.7 cm³/mol. The van der Waals surface area contributed by atoms with Gasteiger partial charge in [0.15, 0.2) is 0 Å². The van der Waals surface area contributed by atoms with Crippen molar-refractivity contribution in [3.05, 3.63) is 67.0 Å². The Kier molecular flexibility index (Phi) is 12.2. The van der Waals surface area contributed by atoms with Gasteiger partial charge < -0.3 is 9.29 Å². The van der Waals surface area contributed by atoms with E-state index in [0.29, 0.717) is 11.0 Å². The van der Waals surface area contributed by atoms with Crippen LogP contribution in [0.2, 0.25) is 0 Å². The van der Waals surface area contributed by atoms with Crippen LogP contribution in [0.5, 0.6) is 0 Å². The Labute approximate surface area is 130 Å². The van der Waals surface area contributed by atoms with Gasteiger partial charge in [-0.2, -0.15) is 0 Å². The number of hydrogen-bond donors (Lipinski definition) is 0.